The Morgan fingerprint density at radius 1 is 1.12 bits per heavy atom. The van der Waals surface area contributed by atoms with Gasteiger partial charge in [0.05, 0.1) is 26.2 Å². The Bertz CT molecular complexity index is 699. The molecule has 2 aromatic rings. The molecule has 0 spiro atoms. The second-order valence-electron chi connectivity index (χ2n) is 6.31. The van der Waals surface area contributed by atoms with Gasteiger partial charge in [-0.15, -0.1) is 0 Å². The zero-order chi connectivity index (χ0) is 18.9. The van der Waals surface area contributed by atoms with Crippen LogP contribution in [-0.2, 0) is 11.2 Å². The van der Waals surface area contributed by atoms with Crippen molar-refractivity contribution in [3.63, 3.8) is 0 Å². The predicted octanol–water partition coefficient (Wildman–Crippen LogP) is 3.06. The second-order valence-corrected chi connectivity index (χ2v) is 6.31. The molecule has 0 heterocycles. The molecule has 0 aliphatic rings. The van der Waals surface area contributed by atoms with Crippen molar-refractivity contribution >= 4 is 5.91 Å². The summed E-state index contributed by atoms with van der Waals surface area (Å²) in [5.41, 5.74) is 2.07. The molecule has 140 valence electrons. The number of benzene rings is 2. The molecular weight excluding hydrogens is 328 g/mol. The van der Waals surface area contributed by atoms with Crippen LogP contribution in [0.1, 0.15) is 24.1 Å². The van der Waals surface area contributed by atoms with Crippen molar-refractivity contribution in [2.45, 2.75) is 19.4 Å². The number of ether oxygens (including phenoxy) is 2. The van der Waals surface area contributed by atoms with E-state index in [2.05, 4.69) is 10.2 Å². The Balaban J connectivity index is 1.94. The van der Waals surface area contributed by atoms with Gasteiger partial charge in [0, 0.05) is 6.54 Å². The van der Waals surface area contributed by atoms with Crippen LogP contribution in [0.4, 0.5) is 0 Å². The fraction of sp³-hybridized carbons (Fsp3) is 0.381. The molecule has 5 nitrogen and oxygen atoms in total. The van der Waals surface area contributed by atoms with E-state index in [0.717, 1.165) is 22.6 Å². The van der Waals surface area contributed by atoms with E-state index in [1.807, 2.05) is 69.6 Å². The highest BCUT2D eigenvalue weighted by Gasteiger charge is 2.16. The molecule has 0 aromatic heterocycles. The minimum atomic E-state index is 0.00362. The van der Waals surface area contributed by atoms with E-state index in [0.29, 0.717) is 19.6 Å². The maximum Gasteiger partial charge on any atom is 0.224 e. The third-order valence-electron chi connectivity index (χ3n) is 4.19. The fourth-order valence-corrected chi connectivity index (χ4v) is 2.78. The number of nitrogens with one attached hydrogen (secondary N) is 1. The van der Waals surface area contributed by atoms with Gasteiger partial charge < -0.3 is 19.7 Å². The van der Waals surface area contributed by atoms with Gasteiger partial charge in [-0.25, -0.2) is 0 Å². The average Bonchev–Trinajstić information content (AvgIpc) is 2.63. The molecule has 2 rings (SSSR count). The van der Waals surface area contributed by atoms with E-state index in [9.17, 15) is 4.79 Å². The van der Waals surface area contributed by atoms with Crippen LogP contribution < -0.4 is 14.8 Å². The lowest BCUT2D eigenvalue weighted by Crippen LogP contribution is -2.35. The number of carbonyl (C=O) groups excluding carboxylic acids is 1. The van der Waals surface area contributed by atoms with E-state index in [4.69, 9.17) is 9.47 Å². The first-order chi connectivity index (χ1) is 12.5. The zero-order valence-electron chi connectivity index (χ0n) is 16.0. The van der Waals surface area contributed by atoms with E-state index >= 15 is 0 Å². The number of nitrogens with zero attached hydrogens (tertiary/aromatic N) is 1. The molecule has 1 atom stereocenters. The fourth-order valence-electron chi connectivity index (χ4n) is 2.78. The number of rotatable bonds is 9. The van der Waals surface area contributed by atoms with Gasteiger partial charge in [-0.2, -0.15) is 0 Å². The molecule has 0 aliphatic carbocycles. The standard InChI is InChI=1S/C21H28N2O3/c1-5-26-18-11-9-16(10-12-18)13-21(24)22-15-20(23(2)3)17-7-6-8-19(14-17)25-4/h6-12,14,20H,5,13,15H2,1-4H3,(H,22,24). The van der Waals surface area contributed by atoms with Crippen LogP contribution in [-0.4, -0.2) is 45.2 Å². The topological polar surface area (TPSA) is 50.8 Å². The summed E-state index contributed by atoms with van der Waals surface area (Å²) < 4.78 is 10.7. The van der Waals surface area contributed by atoms with Crippen molar-refractivity contribution in [2.75, 3.05) is 34.4 Å². The first-order valence-electron chi connectivity index (χ1n) is 8.82. The van der Waals surface area contributed by atoms with Crippen LogP contribution in [0.5, 0.6) is 11.5 Å². The lowest BCUT2D eigenvalue weighted by atomic mass is 10.1. The molecule has 0 aliphatic heterocycles. The highest BCUT2D eigenvalue weighted by Crippen LogP contribution is 2.22. The average molecular weight is 356 g/mol. The Hall–Kier alpha value is -2.53. The SMILES string of the molecule is CCOc1ccc(CC(=O)NCC(c2cccc(OC)c2)N(C)C)cc1. The normalized spacial score (nSPS) is 11.9. The number of likely N-dealkylation sites (N-methyl/N-ethyl adjacent to an activating group) is 1. The van der Waals surface area contributed by atoms with Gasteiger partial charge >= 0.3 is 0 Å². The molecule has 0 fully saturated rings. The smallest absolute Gasteiger partial charge is 0.224 e. The first-order valence-corrected chi connectivity index (χ1v) is 8.82. The number of methoxy groups -OCH3 is 1. The number of hydrogen-bond acceptors (Lipinski definition) is 4. The lowest BCUT2D eigenvalue weighted by molar-refractivity contribution is -0.120. The monoisotopic (exact) mass is 356 g/mol. The molecule has 1 amide bonds. The molecule has 1 N–H and O–H groups in total. The molecule has 0 radical (unpaired) electrons. The minimum Gasteiger partial charge on any atom is -0.497 e. The molecule has 0 saturated heterocycles. The van der Waals surface area contributed by atoms with Crippen LogP contribution in [0.2, 0.25) is 0 Å². The van der Waals surface area contributed by atoms with Gasteiger partial charge in [-0.05, 0) is 56.4 Å². The summed E-state index contributed by atoms with van der Waals surface area (Å²) in [5, 5.41) is 3.04. The Morgan fingerprint density at radius 2 is 1.85 bits per heavy atom. The maximum atomic E-state index is 12.3. The molecule has 0 saturated carbocycles. The van der Waals surface area contributed by atoms with Gasteiger partial charge in [0.25, 0.3) is 0 Å². The van der Waals surface area contributed by atoms with Crippen LogP contribution >= 0.6 is 0 Å². The Labute approximate surface area is 155 Å². The van der Waals surface area contributed by atoms with Crippen molar-refractivity contribution in [3.05, 3.63) is 59.7 Å². The van der Waals surface area contributed by atoms with Crippen molar-refractivity contribution in [1.29, 1.82) is 0 Å². The summed E-state index contributed by atoms with van der Waals surface area (Å²) in [5.74, 6) is 1.64. The quantitative estimate of drug-likeness (QED) is 0.750. The van der Waals surface area contributed by atoms with Gasteiger partial charge in [-0.1, -0.05) is 24.3 Å². The third-order valence-corrected chi connectivity index (χ3v) is 4.19. The summed E-state index contributed by atoms with van der Waals surface area (Å²) in [4.78, 5) is 14.4. The van der Waals surface area contributed by atoms with Crippen LogP contribution in [0.15, 0.2) is 48.5 Å². The lowest BCUT2D eigenvalue weighted by Gasteiger charge is -2.25. The summed E-state index contributed by atoms with van der Waals surface area (Å²) in [6, 6.07) is 15.7. The summed E-state index contributed by atoms with van der Waals surface area (Å²) >= 11 is 0. The summed E-state index contributed by atoms with van der Waals surface area (Å²) in [6.07, 6.45) is 0.352. The van der Waals surface area contributed by atoms with E-state index in [1.165, 1.54) is 0 Å². The molecule has 0 bridgehead atoms. The number of amides is 1. The molecule has 1 unspecified atom stereocenters. The molecular formula is C21H28N2O3. The zero-order valence-corrected chi connectivity index (χ0v) is 16.0. The van der Waals surface area contributed by atoms with E-state index in [-0.39, 0.29) is 11.9 Å². The maximum absolute atomic E-state index is 12.3. The third kappa shape index (κ3) is 5.77. The van der Waals surface area contributed by atoms with E-state index < -0.39 is 0 Å². The molecule has 5 heteroatoms. The number of hydrogen-bond donors (Lipinski definition) is 1. The number of carbonyl (C=O) groups is 1. The van der Waals surface area contributed by atoms with Gasteiger partial charge in [0.2, 0.25) is 5.91 Å². The summed E-state index contributed by atoms with van der Waals surface area (Å²) in [7, 11) is 5.66. The second kappa shape index (κ2) is 9.82. The van der Waals surface area contributed by atoms with Crippen LogP contribution in [0.3, 0.4) is 0 Å². The van der Waals surface area contributed by atoms with Crippen LogP contribution in [0, 0.1) is 0 Å². The van der Waals surface area contributed by atoms with Gasteiger partial charge in [-0.3, -0.25) is 4.79 Å². The Morgan fingerprint density at radius 3 is 2.46 bits per heavy atom. The van der Waals surface area contributed by atoms with E-state index in [1.54, 1.807) is 7.11 Å². The largest absolute Gasteiger partial charge is 0.497 e. The van der Waals surface area contributed by atoms with Gasteiger partial charge in [0.1, 0.15) is 11.5 Å². The predicted molar refractivity (Wildman–Crippen MR) is 104 cm³/mol. The van der Waals surface area contributed by atoms with Crippen molar-refractivity contribution in [3.8, 4) is 11.5 Å². The highest BCUT2D eigenvalue weighted by molar-refractivity contribution is 5.78. The van der Waals surface area contributed by atoms with Crippen molar-refractivity contribution < 1.29 is 14.3 Å². The van der Waals surface area contributed by atoms with Crippen LogP contribution in [0.25, 0.3) is 0 Å². The highest BCUT2D eigenvalue weighted by atomic mass is 16.5. The molecule has 26 heavy (non-hydrogen) atoms. The Kier molecular flexibility index (Phi) is 7.48. The first kappa shape index (κ1) is 19.8. The summed E-state index contributed by atoms with van der Waals surface area (Å²) in [6.45, 7) is 3.12. The van der Waals surface area contributed by atoms with Gasteiger partial charge in [0.15, 0.2) is 0 Å². The minimum absolute atomic E-state index is 0.00362. The van der Waals surface area contributed by atoms with Crippen molar-refractivity contribution in [1.82, 2.24) is 10.2 Å². The molecule has 2 aromatic carbocycles. The van der Waals surface area contributed by atoms with Crippen molar-refractivity contribution in [2.24, 2.45) is 0 Å².